The van der Waals surface area contributed by atoms with Crippen molar-refractivity contribution in [1.82, 2.24) is 0 Å². The van der Waals surface area contributed by atoms with Gasteiger partial charge in [0, 0.05) is 11.0 Å². The Balaban J connectivity index is 1.95. The molecule has 0 fully saturated rings. The molecule has 2 nitrogen and oxygen atoms in total. The van der Waals surface area contributed by atoms with E-state index < -0.39 is 6.61 Å². The predicted molar refractivity (Wildman–Crippen MR) is 78.4 cm³/mol. The van der Waals surface area contributed by atoms with Crippen molar-refractivity contribution in [2.45, 2.75) is 31.8 Å². The van der Waals surface area contributed by atoms with Gasteiger partial charge in [-0.05, 0) is 31.5 Å². The summed E-state index contributed by atoms with van der Waals surface area (Å²) < 4.78 is 29.5. The van der Waals surface area contributed by atoms with E-state index in [2.05, 4.69) is 23.6 Å². The molecule has 19 heavy (non-hydrogen) atoms. The first-order valence-electron chi connectivity index (χ1n) is 5.96. The highest BCUT2D eigenvalue weighted by atomic mass is 32.2. The molecule has 0 radical (unpaired) electrons. The number of thioether (sulfide) groups is 2. The lowest BCUT2D eigenvalue weighted by Crippen LogP contribution is -2.01. The van der Waals surface area contributed by atoms with Gasteiger partial charge < -0.3 is 4.74 Å². The summed E-state index contributed by atoms with van der Waals surface area (Å²) >= 11 is 3.48. The molecule has 1 aliphatic heterocycles. The van der Waals surface area contributed by atoms with Crippen LogP contribution in [0.5, 0.6) is 5.75 Å². The molecule has 6 heteroatoms. The molecule has 1 aliphatic rings. The number of alkyl halides is 2. The van der Waals surface area contributed by atoms with Crippen LogP contribution in [-0.2, 0) is 0 Å². The minimum Gasteiger partial charge on any atom is -0.435 e. The maximum atomic E-state index is 12.0. The van der Waals surface area contributed by atoms with Crippen LogP contribution in [0, 0.1) is 0 Å². The van der Waals surface area contributed by atoms with Gasteiger partial charge in [0.1, 0.15) is 10.1 Å². The van der Waals surface area contributed by atoms with Crippen LogP contribution < -0.4 is 4.74 Å². The van der Waals surface area contributed by atoms with E-state index >= 15 is 0 Å². The largest absolute Gasteiger partial charge is 0.435 e. The molecule has 0 aliphatic carbocycles. The van der Waals surface area contributed by atoms with Gasteiger partial charge in [0.15, 0.2) is 0 Å². The molecule has 2 atom stereocenters. The molecular weight excluding hydrogens is 288 g/mol. The van der Waals surface area contributed by atoms with Crippen LogP contribution in [0.1, 0.15) is 24.7 Å². The van der Waals surface area contributed by atoms with E-state index in [0.29, 0.717) is 6.04 Å². The fourth-order valence-electron chi connectivity index (χ4n) is 1.65. The zero-order valence-corrected chi connectivity index (χ0v) is 12.3. The quantitative estimate of drug-likeness (QED) is 0.813. The van der Waals surface area contributed by atoms with E-state index in [-0.39, 0.29) is 11.0 Å². The van der Waals surface area contributed by atoms with E-state index in [0.717, 1.165) is 15.7 Å². The van der Waals surface area contributed by atoms with E-state index in [1.807, 2.05) is 12.1 Å². The molecule has 0 bridgehead atoms. The SMILES string of the molecule is C[C@@H]1CSC(S[C@H](C)c2ccc(OC(F)F)cc2)=N1. The van der Waals surface area contributed by atoms with E-state index in [1.165, 1.54) is 0 Å². The Morgan fingerprint density at radius 1 is 1.37 bits per heavy atom. The second kappa shape index (κ2) is 6.61. The van der Waals surface area contributed by atoms with Gasteiger partial charge in [-0.15, -0.1) is 0 Å². The van der Waals surface area contributed by atoms with Crippen molar-refractivity contribution in [2.24, 2.45) is 4.99 Å². The first-order chi connectivity index (χ1) is 9.04. The number of ether oxygens (including phenoxy) is 1. The molecule has 0 aromatic heterocycles. The number of rotatable bonds is 4. The molecule has 0 N–H and O–H groups in total. The Kier molecular flexibility index (Phi) is 5.10. The summed E-state index contributed by atoms with van der Waals surface area (Å²) in [5.41, 5.74) is 1.08. The fourth-order valence-corrected chi connectivity index (χ4v) is 4.11. The van der Waals surface area contributed by atoms with E-state index in [9.17, 15) is 8.78 Å². The highest BCUT2D eigenvalue weighted by molar-refractivity contribution is 8.39. The molecule has 104 valence electrons. The van der Waals surface area contributed by atoms with Crippen molar-refractivity contribution >= 4 is 27.9 Å². The lowest BCUT2D eigenvalue weighted by Gasteiger charge is -2.12. The summed E-state index contributed by atoms with van der Waals surface area (Å²) in [5.74, 6) is 1.23. The van der Waals surface area contributed by atoms with Crippen molar-refractivity contribution in [3.63, 3.8) is 0 Å². The number of nitrogens with zero attached hydrogens (tertiary/aromatic N) is 1. The van der Waals surface area contributed by atoms with Gasteiger partial charge in [0.25, 0.3) is 0 Å². The van der Waals surface area contributed by atoms with E-state index in [1.54, 1.807) is 35.7 Å². The van der Waals surface area contributed by atoms with Gasteiger partial charge >= 0.3 is 6.61 Å². The molecule has 0 saturated carbocycles. The maximum absolute atomic E-state index is 12.0. The zero-order valence-electron chi connectivity index (χ0n) is 10.7. The van der Waals surface area contributed by atoms with Crippen LogP contribution in [-0.4, -0.2) is 22.8 Å². The highest BCUT2D eigenvalue weighted by Gasteiger charge is 2.18. The lowest BCUT2D eigenvalue weighted by molar-refractivity contribution is -0.0498. The second-order valence-electron chi connectivity index (χ2n) is 4.26. The normalized spacial score (nSPS) is 20.5. The first kappa shape index (κ1) is 14.7. The Morgan fingerprint density at radius 3 is 2.58 bits per heavy atom. The summed E-state index contributed by atoms with van der Waals surface area (Å²) in [6.45, 7) is 1.41. The molecule has 0 amide bonds. The summed E-state index contributed by atoms with van der Waals surface area (Å²) in [4.78, 5) is 4.53. The average molecular weight is 303 g/mol. The van der Waals surface area contributed by atoms with Crippen LogP contribution >= 0.6 is 23.5 Å². The second-order valence-corrected chi connectivity index (χ2v) is 6.86. The molecular formula is C13H15F2NOS2. The van der Waals surface area contributed by atoms with Crippen molar-refractivity contribution in [2.75, 3.05) is 5.75 Å². The third-order valence-corrected chi connectivity index (χ3v) is 5.20. The van der Waals surface area contributed by atoms with Crippen LogP contribution in [0.15, 0.2) is 29.3 Å². The van der Waals surface area contributed by atoms with Gasteiger partial charge in [-0.3, -0.25) is 4.99 Å². The van der Waals surface area contributed by atoms with Crippen LogP contribution in [0.3, 0.4) is 0 Å². The average Bonchev–Trinajstić information content (AvgIpc) is 2.75. The Bertz CT molecular complexity index is 450. The molecule has 0 saturated heterocycles. The number of aliphatic imine (C=N–C) groups is 1. The van der Waals surface area contributed by atoms with Gasteiger partial charge in [-0.2, -0.15) is 8.78 Å². The highest BCUT2D eigenvalue weighted by Crippen LogP contribution is 2.36. The van der Waals surface area contributed by atoms with Gasteiger partial charge in [-0.1, -0.05) is 35.7 Å². The minimum atomic E-state index is -2.77. The zero-order chi connectivity index (χ0) is 13.8. The summed E-state index contributed by atoms with van der Waals surface area (Å²) in [6.07, 6.45) is 0. The monoisotopic (exact) mass is 303 g/mol. The minimum absolute atomic E-state index is 0.192. The first-order valence-corrected chi connectivity index (χ1v) is 7.83. The molecule has 0 spiro atoms. The Labute approximate surface area is 120 Å². The van der Waals surface area contributed by atoms with Crippen molar-refractivity contribution in [3.8, 4) is 5.75 Å². The smallest absolute Gasteiger partial charge is 0.387 e. The third-order valence-electron chi connectivity index (χ3n) is 2.63. The third kappa shape index (κ3) is 4.38. The predicted octanol–water partition coefficient (Wildman–Crippen LogP) is 4.57. The number of benzene rings is 1. The topological polar surface area (TPSA) is 21.6 Å². The van der Waals surface area contributed by atoms with Crippen molar-refractivity contribution in [1.29, 1.82) is 0 Å². The van der Waals surface area contributed by atoms with Crippen molar-refractivity contribution < 1.29 is 13.5 Å². The molecule has 1 heterocycles. The van der Waals surface area contributed by atoms with E-state index in [4.69, 9.17) is 0 Å². The molecule has 2 rings (SSSR count). The van der Waals surface area contributed by atoms with Crippen LogP contribution in [0.25, 0.3) is 0 Å². The summed E-state index contributed by atoms with van der Waals surface area (Å²) in [6, 6.07) is 7.18. The standard InChI is InChI=1S/C13H15F2NOS2/c1-8-7-18-13(16-8)19-9(2)10-3-5-11(6-4-10)17-12(14)15/h3-6,8-9,12H,7H2,1-2H3/t8-,9-/m1/s1. The van der Waals surface area contributed by atoms with Gasteiger partial charge in [0.05, 0.1) is 6.04 Å². The number of hydrogen-bond donors (Lipinski definition) is 0. The summed E-state index contributed by atoms with van der Waals surface area (Å²) in [5, 5.41) is 0.247. The summed E-state index contributed by atoms with van der Waals surface area (Å²) in [7, 11) is 0. The lowest BCUT2D eigenvalue weighted by atomic mass is 10.2. The molecule has 1 aromatic carbocycles. The Hall–Kier alpha value is -0.750. The van der Waals surface area contributed by atoms with Gasteiger partial charge in [0.2, 0.25) is 0 Å². The number of hydrogen-bond acceptors (Lipinski definition) is 4. The van der Waals surface area contributed by atoms with Crippen LogP contribution in [0.2, 0.25) is 0 Å². The van der Waals surface area contributed by atoms with Gasteiger partial charge in [-0.25, -0.2) is 0 Å². The van der Waals surface area contributed by atoms with Crippen molar-refractivity contribution in [3.05, 3.63) is 29.8 Å². The number of halogens is 2. The maximum Gasteiger partial charge on any atom is 0.387 e. The molecule has 1 aromatic rings. The fraction of sp³-hybridized carbons (Fsp3) is 0.462. The Morgan fingerprint density at radius 2 is 2.05 bits per heavy atom. The molecule has 0 unspecified atom stereocenters. The van der Waals surface area contributed by atoms with Crippen LogP contribution in [0.4, 0.5) is 8.78 Å².